The molecular formula is C22H17ClFN3O2S. The molecule has 0 unspecified atom stereocenters. The van der Waals surface area contributed by atoms with Crippen LogP contribution in [0, 0.1) is 12.7 Å². The van der Waals surface area contributed by atoms with E-state index in [1.165, 1.54) is 35.6 Å². The fourth-order valence-electron chi connectivity index (χ4n) is 2.89. The summed E-state index contributed by atoms with van der Waals surface area (Å²) >= 11 is 7.64. The lowest BCUT2D eigenvalue weighted by Crippen LogP contribution is -2.34. The first-order valence-corrected chi connectivity index (χ1v) is 10.3. The van der Waals surface area contributed by atoms with Crippen molar-refractivity contribution in [1.29, 1.82) is 0 Å². The van der Waals surface area contributed by atoms with Crippen LogP contribution in [0.15, 0.2) is 60.9 Å². The van der Waals surface area contributed by atoms with E-state index < -0.39 is 0 Å². The van der Waals surface area contributed by atoms with Crippen molar-refractivity contribution in [3.05, 3.63) is 82.9 Å². The van der Waals surface area contributed by atoms with Crippen LogP contribution in [-0.4, -0.2) is 22.5 Å². The summed E-state index contributed by atoms with van der Waals surface area (Å²) in [6.07, 6.45) is 3.38. The van der Waals surface area contributed by atoms with Crippen molar-refractivity contribution in [2.75, 3.05) is 11.5 Å². The summed E-state index contributed by atoms with van der Waals surface area (Å²) in [7, 11) is 0. The van der Waals surface area contributed by atoms with Crippen molar-refractivity contribution >= 4 is 44.2 Å². The summed E-state index contributed by atoms with van der Waals surface area (Å²) in [5, 5.41) is 1.18. The zero-order chi connectivity index (χ0) is 21.1. The molecule has 2 heterocycles. The highest BCUT2D eigenvalue weighted by atomic mass is 35.5. The van der Waals surface area contributed by atoms with Crippen LogP contribution in [-0.2, 0) is 11.3 Å². The Morgan fingerprint density at radius 1 is 1.20 bits per heavy atom. The first kappa shape index (κ1) is 20.3. The number of anilines is 1. The lowest BCUT2D eigenvalue weighted by Gasteiger charge is -2.20. The Hall–Kier alpha value is -3.03. The lowest BCUT2D eigenvalue weighted by atomic mass is 10.2. The van der Waals surface area contributed by atoms with Crippen molar-refractivity contribution in [2.45, 2.75) is 13.5 Å². The Kier molecular flexibility index (Phi) is 5.92. The number of aromatic nitrogens is 2. The Bertz CT molecular complexity index is 1180. The predicted octanol–water partition coefficient (Wildman–Crippen LogP) is 5.40. The summed E-state index contributed by atoms with van der Waals surface area (Å²) in [5.74, 6) is -0.223. The number of hydrogen-bond acceptors (Lipinski definition) is 5. The molecule has 0 aliphatic carbocycles. The highest BCUT2D eigenvalue weighted by Gasteiger charge is 2.22. The van der Waals surface area contributed by atoms with Gasteiger partial charge in [0.15, 0.2) is 11.7 Å². The quantitative estimate of drug-likeness (QED) is 0.401. The maximum Gasteiger partial charge on any atom is 0.267 e. The van der Waals surface area contributed by atoms with Crippen LogP contribution in [0.25, 0.3) is 10.2 Å². The zero-order valence-electron chi connectivity index (χ0n) is 16.0. The number of carbonyl (C=O) groups is 1. The molecule has 0 radical (unpaired) electrons. The minimum absolute atomic E-state index is 0.207. The summed E-state index contributed by atoms with van der Waals surface area (Å²) in [6.45, 7) is 1.99. The van der Waals surface area contributed by atoms with Crippen molar-refractivity contribution in [2.24, 2.45) is 0 Å². The van der Waals surface area contributed by atoms with Crippen LogP contribution in [0.4, 0.5) is 9.52 Å². The molecule has 4 aromatic rings. The number of nitrogens with zero attached hydrogens (tertiary/aromatic N) is 3. The minimum Gasteiger partial charge on any atom is -0.484 e. The molecule has 2 aromatic heterocycles. The molecule has 0 aliphatic rings. The topological polar surface area (TPSA) is 55.3 Å². The maximum absolute atomic E-state index is 13.1. The van der Waals surface area contributed by atoms with Gasteiger partial charge >= 0.3 is 0 Å². The number of pyridine rings is 1. The second kappa shape index (κ2) is 8.77. The van der Waals surface area contributed by atoms with E-state index in [0.29, 0.717) is 22.4 Å². The number of aryl methyl sites for hydroxylation is 1. The average molecular weight is 442 g/mol. The number of fused-ring (bicyclic) bond motifs is 1. The fraction of sp³-hybridized carbons (Fsp3) is 0.136. The third kappa shape index (κ3) is 4.42. The zero-order valence-corrected chi connectivity index (χ0v) is 17.6. The first-order valence-electron chi connectivity index (χ1n) is 9.14. The van der Waals surface area contributed by atoms with Gasteiger partial charge in [0.05, 0.1) is 16.8 Å². The van der Waals surface area contributed by atoms with Gasteiger partial charge in [0.25, 0.3) is 5.91 Å². The standard InChI is InChI=1S/C22H17ClFN3O2S/c1-14-18(23)8-9-19-21(14)26-22(30-19)27(12-15-3-2-10-25-11-15)20(28)13-29-17-6-4-16(24)5-7-17/h2-11H,12-13H2,1H3. The van der Waals surface area contributed by atoms with Gasteiger partial charge in [-0.05, 0) is 60.5 Å². The van der Waals surface area contributed by atoms with E-state index in [0.717, 1.165) is 21.3 Å². The summed E-state index contributed by atoms with van der Waals surface area (Å²) < 4.78 is 19.6. The summed E-state index contributed by atoms with van der Waals surface area (Å²) in [4.78, 5) is 23.4. The molecule has 0 saturated carbocycles. The van der Waals surface area contributed by atoms with Gasteiger partial charge in [-0.1, -0.05) is 29.0 Å². The highest BCUT2D eigenvalue weighted by molar-refractivity contribution is 7.22. The van der Waals surface area contributed by atoms with Crippen molar-refractivity contribution in [3.63, 3.8) is 0 Å². The Labute approximate surface area is 181 Å². The van der Waals surface area contributed by atoms with E-state index in [9.17, 15) is 9.18 Å². The second-order valence-corrected chi connectivity index (χ2v) is 8.02. The van der Waals surface area contributed by atoms with Gasteiger partial charge in [0, 0.05) is 17.4 Å². The second-order valence-electron chi connectivity index (χ2n) is 6.60. The van der Waals surface area contributed by atoms with E-state index >= 15 is 0 Å². The van der Waals surface area contributed by atoms with Gasteiger partial charge in [0.1, 0.15) is 11.6 Å². The van der Waals surface area contributed by atoms with Crippen LogP contribution >= 0.6 is 22.9 Å². The number of rotatable bonds is 6. The highest BCUT2D eigenvalue weighted by Crippen LogP contribution is 2.34. The summed E-state index contributed by atoms with van der Waals surface area (Å²) in [5.41, 5.74) is 2.50. The number of benzene rings is 2. The number of hydrogen-bond donors (Lipinski definition) is 0. The van der Waals surface area contributed by atoms with Crippen LogP contribution in [0.1, 0.15) is 11.1 Å². The molecule has 30 heavy (non-hydrogen) atoms. The number of ether oxygens (including phenoxy) is 1. The molecule has 5 nitrogen and oxygen atoms in total. The van der Waals surface area contributed by atoms with Crippen LogP contribution in [0.3, 0.4) is 0 Å². The van der Waals surface area contributed by atoms with Gasteiger partial charge in [-0.25, -0.2) is 9.37 Å². The monoisotopic (exact) mass is 441 g/mol. The summed E-state index contributed by atoms with van der Waals surface area (Å²) in [6, 6.07) is 13.0. The lowest BCUT2D eigenvalue weighted by molar-refractivity contribution is -0.120. The molecule has 1 amide bonds. The van der Waals surface area contributed by atoms with Gasteiger partial charge in [0.2, 0.25) is 0 Å². The molecule has 0 atom stereocenters. The van der Waals surface area contributed by atoms with Gasteiger partial charge in [-0.3, -0.25) is 14.7 Å². The molecule has 0 bridgehead atoms. The molecule has 0 N–H and O–H groups in total. The first-order chi connectivity index (χ1) is 14.5. The Morgan fingerprint density at radius 3 is 2.73 bits per heavy atom. The molecular weight excluding hydrogens is 425 g/mol. The largest absolute Gasteiger partial charge is 0.484 e. The molecule has 0 saturated heterocycles. The van der Waals surface area contributed by atoms with Gasteiger partial charge < -0.3 is 4.74 Å². The van der Waals surface area contributed by atoms with Crippen LogP contribution in [0.5, 0.6) is 5.75 Å². The molecule has 0 fully saturated rings. The Morgan fingerprint density at radius 2 is 2.00 bits per heavy atom. The van der Waals surface area contributed by atoms with Gasteiger partial charge in [-0.2, -0.15) is 0 Å². The number of halogens is 2. The van der Waals surface area contributed by atoms with E-state index in [-0.39, 0.29) is 18.3 Å². The Balaban J connectivity index is 1.63. The van der Waals surface area contributed by atoms with E-state index in [2.05, 4.69) is 9.97 Å². The fourth-order valence-corrected chi connectivity index (χ4v) is 4.09. The van der Waals surface area contributed by atoms with Crippen molar-refractivity contribution in [3.8, 4) is 5.75 Å². The molecule has 0 aliphatic heterocycles. The van der Waals surface area contributed by atoms with E-state index in [1.807, 2.05) is 31.2 Å². The average Bonchev–Trinajstić information content (AvgIpc) is 3.19. The predicted molar refractivity (Wildman–Crippen MR) is 117 cm³/mol. The van der Waals surface area contributed by atoms with E-state index in [4.69, 9.17) is 16.3 Å². The molecule has 4 rings (SSSR count). The molecule has 2 aromatic carbocycles. The van der Waals surface area contributed by atoms with Crippen LogP contribution < -0.4 is 9.64 Å². The molecule has 8 heteroatoms. The van der Waals surface area contributed by atoms with Gasteiger partial charge in [-0.15, -0.1) is 0 Å². The SMILES string of the molecule is Cc1c(Cl)ccc2sc(N(Cc3cccnc3)C(=O)COc3ccc(F)cc3)nc12. The smallest absolute Gasteiger partial charge is 0.267 e. The third-order valence-electron chi connectivity index (χ3n) is 4.51. The van der Waals surface area contributed by atoms with Crippen LogP contribution in [0.2, 0.25) is 5.02 Å². The normalized spacial score (nSPS) is 10.9. The van der Waals surface area contributed by atoms with E-state index in [1.54, 1.807) is 17.3 Å². The number of thiazole rings is 1. The number of amides is 1. The minimum atomic E-state index is -0.365. The third-order valence-corrected chi connectivity index (χ3v) is 5.96. The molecule has 152 valence electrons. The molecule has 0 spiro atoms. The number of carbonyl (C=O) groups excluding carboxylic acids is 1. The maximum atomic E-state index is 13.1. The van der Waals surface area contributed by atoms with Crippen molar-refractivity contribution in [1.82, 2.24) is 9.97 Å². The van der Waals surface area contributed by atoms with Crippen molar-refractivity contribution < 1.29 is 13.9 Å².